The minimum Gasteiger partial charge on any atom is -0.397 e. The first kappa shape index (κ1) is 12.7. The highest BCUT2D eigenvalue weighted by atomic mass is 16.1. The molecular formula is C14H21N3O. The van der Waals surface area contributed by atoms with Crippen LogP contribution in [-0.2, 0) is 0 Å². The van der Waals surface area contributed by atoms with Gasteiger partial charge in [-0.25, -0.2) is 0 Å². The van der Waals surface area contributed by atoms with E-state index in [1.165, 1.54) is 12.8 Å². The van der Waals surface area contributed by atoms with Gasteiger partial charge in [0.05, 0.1) is 11.4 Å². The van der Waals surface area contributed by atoms with Gasteiger partial charge in [0.2, 0.25) is 0 Å². The number of nitrogens with one attached hydrogen (secondary N) is 1. The lowest BCUT2D eigenvalue weighted by atomic mass is 10.1. The molecule has 0 aromatic heterocycles. The van der Waals surface area contributed by atoms with Gasteiger partial charge in [-0.2, -0.15) is 0 Å². The largest absolute Gasteiger partial charge is 0.397 e. The Morgan fingerprint density at radius 3 is 2.94 bits per heavy atom. The number of nitrogens with zero attached hydrogens (tertiary/aromatic N) is 1. The van der Waals surface area contributed by atoms with Crippen molar-refractivity contribution in [3.05, 3.63) is 23.8 Å². The van der Waals surface area contributed by atoms with Crippen molar-refractivity contribution in [2.45, 2.75) is 19.8 Å². The number of nitrogens with two attached hydrogens (primary N) is 1. The quantitative estimate of drug-likeness (QED) is 0.802. The van der Waals surface area contributed by atoms with E-state index in [1.54, 1.807) is 13.1 Å². The number of carbonyl (C=O) groups is 1. The molecule has 1 fully saturated rings. The molecule has 0 aliphatic carbocycles. The number of hydrogen-bond acceptors (Lipinski definition) is 3. The molecule has 1 amide bonds. The van der Waals surface area contributed by atoms with Crippen molar-refractivity contribution < 1.29 is 4.79 Å². The first-order valence-electron chi connectivity index (χ1n) is 6.52. The topological polar surface area (TPSA) is 58.4 Å². The lowest BCUT2D eigenvalue weighted by Crippen LogP contribution is -2.23. The molecule has 0 spiro atoms. The van der Waals surface area contributed by atoms with Crippen LogP contribution in [0.2, 0.25) is 0 Å². The second-order valence-corrected chi connectivity index (χ2v) is 4.86. The summed E-state index contributed by atoms with van der Waals surface area (Å²) in [7, 11) is 1.64. The van der Waals surface area contributed by atoms with Crippen LogP contribution in [0.4, 0.5) is 11.4 Å². The first-order valence-corrected chi connectivity index (χ1v) is 6.52. The van der Waals surface area contributed by atoms with Gasteiger partial charge in [-0.15, -0.1) is 0 Å². The third-order valence-electron chi connectivity index (χ3n) is 3.72. The summed E-state index contributed by atoms with van der Waals surface area (Å²) in [5.74, 6) is 0.676. The van der Waals surface area contributed by atoms with Crippen LogP contribution in [0.15, 0.2) is 18.2 Å². The monoisotopic (exact) mass is 247 g/mol. The summed E-state index contributed by atoms with van der Waals surface area (Å²) >= 11 is 0. The van der Waals surface area contributed by atoms with Gasteiger partial charge in [-0.05, 0) is 30.5 Å². The number of anilines is 2. The van der Waals surface area contributed by atoms with Gasteiger partial charge in [0, 0.05) is 25.7 Å². The first-order chi connectivity index (χ1) is 8.65. The maximum absolute atomic E-state index is 11.6. The summed E-state index contributed by atoms with van der Waals surface area (Å²) in [4.78, 5) is 13.9. The predicted molar refractivity (Wildman–Crippen MR) is 74.9 cm³/mol. The lowest BCUT2D eigenvalue weighted by Gasteiger charge is -2.21. The van der Waals surface area contributed by atoms with E-state index in [0.29, 0.717) is 5.56 Å². The SMILES string of the molecule is CCC1CCN(c2cc(C(=O)NC)ccc2N)C1. The fraction of sp³-hybridized carbons (Fsp3) is 0.500. The molecule has 4 heteroatoms. The van der Waals surface area contributed by atoms with Crippen LogP contribution in [0.3, 0.4) is 0 Å². The molecule has 1 aromatic rings. The second-order valence-electron chi connectivity index (χ2n) is 4.86. The third kappa shape index (κ3) is 2.42. The van der Waals surface area contributed by atoms with Crippen molar-refractivity contribution in [1.29, 1.82) is 0 Å². The Morgan fingerprint density at radius 1 is 1.56 bits per heavy atom. The Kier molecular flexibility index (Phi) is 3.75. The zero-order valence-electron chi connectivity index (χ0n) is 11.1. The molecule has 1 heterocycles. The lowest BCUT2D eigenvalue weighted by molar-refractivity contribution is 0.0963. The van der Waals surface area contributed by atoms with Gasteiger partial charge >= 0.3 is 0 Å². The third-order valence-corrected chi connectivity index (χ3v) is 3.72. The number of nitrogen functional groups attached to an aromatic ring is 1. The van der Waals surface area contributed by atoms with Crippen LogP contribution in [-0.4, -0.2) is 26.0 Å². The molecule has 1 aliphatic heterocycles. The Hall–Kier alpha value is -1.71. The molecule has 1 aromatic carbocycles. The fourth-order valence-corrected chi connectivity index (χ4v) is 2.49. The molecule has 1 unspecified atom stereocenters. The molecule has 1 aliphatic rings. The van der Waals surface area contributed by atoms with Crippen LogP contribution < -0.4 is 16.0 Å². The highest BCUT2D eigenvalue weighted by Crippen LogP contribution is 2.30. The molecule has 1 saturated heterocycles. The van der Waals surface area contributed by atoms with E-state index in [2.05, 4.69) is 17.1 Å². The average Bonchev–Trinajstić information content (AvgIpc) is 2.87. The molecule has 0 bridgehead atoms. The van der Waals surface area contributed by atoms with Crippen molar-refractivity contribution in [1.82, 2.24) is 5.32 Å². The van der Waals surface area contributed by atoms with E-state index >= 15 is 0 Å². The van der Waals surface area contributed by atoms with Gasteiger partial charge in [0.15, 0.2) is 0 Å². The molecular weight excluding hydrogens is 226 g/mol. The number of benzene rings is 1. The maximum Gasteiger partial charge on any atom is 0.251 e. The van der Waals surface area contributed by atoms with Crippen molar-refractivity contribution in [3.8, 4) is 0 Å². The van der Waals surface area contributed by atoms with E-state index in [-0.39, 0.29) is 5.91 Å². The fourth-order valence-electron chi connectivity index (χ4n) is 2.49. The minimum atomic E-state index is -0.0671. The maximum atomic E-state index is 11.6. The van der Waals surface area contributed by atoms with Gasteiger partial charge in [-0.1, -0.05) is 13.3 Å². The number of rotatable bonds is 3. The molecule has 18 heavy (non-hydrogen) atoms. The number of hydrogen-bond donors (Lipinski definition) is 2. The summed E-state index contributed by atoms with van der Waals surface area (Å²) in [5.41, 5.74) is 8.43. The zero-order chi connectivity index (χ0) is 13.1. The normalized spacial score (nSPS) is 19.0. The molecule has 1 atom stereocenters. The molecule has 3 N–H and O–H groups in total. The smallest absolute Gasteiger partial charge is 0.251 e. The van der Waals surface area contributed by atoms with Gasteiger partial charge in [0.1, 0.15) is 0 Å². The summed E-state index contributed by atoms with van der Waals surface area (Å²) in [6, 6.07) is 5.48. The van der Waals surface area contributed by atoms with Crippen molar-refractivity contribution in [2.24, 2.45) is 5.92 Å². The summed E-state index contributed by atoms with van der Waals surface area (Å²) in [6.45, 7) is 4.29. The van der Waals surface area contributed by atoms with Crippen molar-refractivity contribution in [3.63, 3.8) is 0 Å². The highest BCUT2D eigenvalue weighted by Gasteiger charge is 2.23. The Morgan fingerprint density at radius 2 is 2.33 bits per heavy atom. The van der Waals surface area contributed by atoms with Crippen LogP contribution >= 0.6 is 0 Å². The molecule has 98 valence electrons. The summed E-state index contributed by atoms with van der Waals surface area (Å²) in [6.07, 6.45) is 2.41. The average molecular weight is 247 g/mol. The molecule has 2 rings (SSSR count). The van der Waals surface area contributed by atoms with Crippen molar-refractivity contribution in [2.75, 3.05) is 30.8 Å². The van der Waals surface area contributed by atoms with E-state index in [9.17, 15) is 4.79 Å². The summed E-state index contributed by atoms with van der Waals surface area (Å²) < 4.78 is 0. The molecule has 0 saturated carbocycles. The number of amides is 1. The van der Waals surface area contributed by atoms with Crippen LogP contribution in [0.5, 0.6) is 0 Å². The van der Waals surface area contributed by atoms with E-state index in [1.807, 2.05) is 12.1 Å². The standard InChI is InChI=1S/C14H21N3O/c1-3-10-6-7-17(9-10)13-8-11(14(18)16-2)4-5-12(13)15/h4-5,8,10H,3,6-7,9,15H2,1-2H3,(H,16,18). The van der Waals surface area contributed by atoms with E-state index < -0.39 is 0 Å². The van der Waals surface area contributed by atoms with Gasteiger partial charge < -0.3 is 16.0 Å². The molecule has 0 radical (unpaired) electrons. The number of carbonyl (C=O) groups excluding carboxylic acids is 1. The molecule has 4 nitrogen and oxygen atoms in total. The summed E-state index contributed by atoms with van der Waals surface area (Å²) in [5, 5.41) is 2.64. The van der Waals surface area contributed by atoms with E-state index in [4.69, 9.17) is 5.73 Å². The van der Waals surface area contributed by atoms with Crippen LogP contribution in [0, 0.1) is 5.92 Å². The Bertz CT molecular complexity index is 445. The van der Waals surface area contributed by atoms with Crippen LogP contribution in [0.1, 0.15) is 30.1 Å². The van der Waals surface area contributed by atoms with Crippen molar-refractivity contribution >= 4 is 17.3 Å². The van der Waals surface area contributed by atoms with Crippen LogP contribution in [0.25, 0.3) is 0 Å². The second kappa shape index (κ2) is 5.29. The van der Waals surface area contributed by atoms with Gasteiger partial charge in [-0.3, -0.25) is 4.79 Å². The minimum absolute atomic E-state index is 0.0671. The van der Waals surface area contributed by atoms with Gasteiger partial charge in [0.25, 0.3) is 5.91 Å². The van der Waals surface area contributed by atoms with E-state index in [0.717, 1.165) is 30.4 Å². The zero-order valence-corrected chi connectivity index (χ0v) is 11.1. The Balaban J connectivity index is 2.24. The highest BCUT2D eigenvalue weighted by molar-refractivity contribution is 5.96. The predicted octanol–water partition coefficient (Wildman–Crippen LogP) is 1.86. The Labute approximate surface area is 108 Å².